The zero-order chi connectivity index (χ0) is 18.1. The maximum Gasteiger partial charge on any atom is 0.227 e. The summed E-state index contributed by atoms with van der Waals surface area (Å²) in [6, 6.07) is 8.18. The van der Waals surface area contributed by atoms with Crippen molar-refractivity contribution < 1.29 is 4.79 Å². The van der Waals surface area contributed by atoms with Gasteiger partial charge in [0, 0.05) is 45.3 Å². The summed E-state index contributed by atoms with van der Waals surface area (Å²) in [5, 5.41) is 6.68. The Morgan fingerprint density at radius 3 is 2.48 bits per heavy atom. The highest BCUT2D eigenvalue weighted by Crippen LogP contribution is 2.21. The minimum Gasteiger partial charge on any atom is -0.355 e. The molecule has 0 saturated carbocycles. The lowest BCUT2D eigenvalue weighted by Crippen LogP contribution is -2.41. The Kier molecular flexibility index (Phi) is 7.73. The van der Waals surface area contributed by atoms with Gasteiger partial charge in [0.1, 0.15) is 0 Å². The van der Waals surface area contributed by atoms with Gasteiger partial charge in [0.05, 0.1) is 0 Å². The van der Waals surface area contributed by atoms with Gasteiger partial charge in [-0.05, 0) is 37.2 Å². The van der Waals surface area contributed by atoms with Gasteiger partial charge >= 0.3 is 0 Å². The summed E-state index contributed by atoms with van der Waals surface area (Å²) in [5.74, 6) is 1.04. The van der Waals surface area contributed by atoms with E-state index in [1.807, 2.05) is 17.0 Å². The number of amides is 1. The van der Waals surface area contributed by atoms with E-state index in [0.29, 0.717) is 13.0 Å². The molecule has 1 amide bonds. The van der Waals surface area contributed by atoms with Crippen LogP contribution in [0.3, 0.4) is 0 Å². The van der Waals surface area contributed by atoms with Gasteiger partial charge < -0.3 is 20.4 Å². The summed E-state index contributed by atoms with van der Waals surface area (Å²) < 4.78 is 0. The molecule has 138 valence electrons. The van der Waals surface area contributed by atoms with E-state index in [1.165, 1.54) is 5.56 Å². The van der Waals surface area contributed by atoms with Crippen LogP contribution in [-0.4, -0.2) is 56.5 Å². The largest absolute Gasteiger partial charge is 0.355 e. The Balaban J connectivity index is 1.78. The third-order valence-electron chi connectivity index (χ3n) is 4.62. The molecular weight excluding hydrogens is 314 g/mol. The van der Waals surface area contributed by atoms with Crippen LogP contribution in [0, 0.1) is 0 Å². The molecule has 0 bridgehead atoms. The summed E-state index contributed by atoms with van der Waals surface area (Å²) in [7, 11) is 1.79. The maximum absolute atomic E-state index is 11.8. The minimum atomic E-state index is 0.226. The topological polar surface area (TPSA) is 60.0 Å². The number of anilines is 1. The molecule has 0 aromatic heterocycles. The highest BCUT2D eigenvalue weighted by Gasteiger charge is 2.21. The smallest absolute Gasteiger partial charge is 0.227 e. The van der Waals surface area contributed by atoms with Crippen LogP contribution in [0.15, 0.2) is 29.3 Å². The van der Waals surface area contributed by atoms with Gasteiger partial charge in [-0.3, -0.25) is 9.79 Å². The fourth-order valence-corrected chi connectivity index (χ4v) is 2.99. The first-order valence-electron chi connectivity index (χ1n) is 9.24. The van der Waals surface area contributed by atoms with Gasteiger partial charge in [-0.15, -0.1) is 0 Å². The van der Waals surface area contributed by atoms with E-state index < -0.39 is 0 Å². The predicted octanol–water partition coefficient (Wildman–Crippen LogP) is 1.82. The molecular formula is C19H31N5O. The standard InChI is InChI=1S/C19H31N5O/c1-4-23(5-2)14-12-21-19(20-3)22-15-16-8-10-17(11-9-16)24-13-6-7-18(24)25/h8-11H,4-7,12-15H2,1-3H3,(H2,20,21,22). The van der Waals surface area contributed by atoms with Crippen molar-refractivity contribution in [1.82, 2.24) is 15.5 Å². The first kappa shape index (κ1) is 19.2. The molecule has 1 heterocycles. The van der Waals surface area contributed by atoms with Gasteiger partial charge in [-0.2, -0.15) is 0 Å². The number of hydrogen-bond acceptors (Lipinski definition) is 3. The summed E-state index contributed by atoms with van der Waals surface area (Å²) in [6.45, 7) is 9.90. The summed E-state index contributed by atoms with van der Waals surface area (Å²) in [6.07, 6.45) is 1.62. The Labute approximate surface area is 151 Å². The van der Waals surface area contributed by atoms with E-state index in [2.05, 4.69) is 46.5 Å². The summed E-state index contributed by atoms with van der Waals surface area (Å²) in [4.78, 5) is 20.3. The molecule has 2 N–H and O–H groups in total. The lowest BCUT2D eigenvalue weighted by Gasteiger charge is -2.19. The van der Waals surface area contributed by atoms with Gasteiger partial charge in [-0.25, -0.2) is 0 Å². The number of hydrogen-bond donors (Lipinski definition) is 2. The molecule has 0 unspecified atom stereocenters. The molecule has 0 aliphatic carbocycles. The molecule has 6 nitrogen and oxygen atoms in total. The van der Waals surface area contributed by atoms with E-state index in [9.17, 15) is 4.79 Å². The highest BCUT2D eigenvalue weighted by atomic mass is 16.2. The average molecular weight is 345 g/mol. The lowest BCUT2D eigenvalue weighted by molar-refractivity contribution is -0.117. The summed E-state index contributed by atoms with van der Waals surface area (Å²) >= 11 is 0. The molecule has 1 aromatic carbocycles. The number of carbonyl (C=O) groups excluding carboxylic acids is 1. The monoisotopic (exact) mass is 345 g/mol. The molecule has 1 aromatic rings. The van der Waals surface area contributed by atoms with Crippen LogP contribution in [0.4, 0.5) is 5.69 Å². The number of likely N-dealkylation sites (N-methyl/N-ethyl adjacent to an activating group) is 1. The molecule has 0 spiro atoms. The Bertz CT molecular complexity index is 566. The van der Waals surface area contributed by atoms with Gasteiger partial charge in [0.2, 0.25) is 5.91 Å². The second-order valence-electron chi connectivity index (χ2n) is 6.19. The average Bonchev–Trinajstić information content (AvgIpc) is 3.08. The molecule has 2 rings (SSSR count). The molecule has 1 fully saturated rings. The number of nitrogens with zero attached hydrogens (tertiary/aromatic N) is 3. The van der Waals surface area contributed by atoms with Crippen molar-refractivity contribution in [2.24, 2.45) is 4.99 Å². The minimum absolute atomic E-state index is 0.226. The predicted molar refractivity (Wildman–Crippen MR) is 104 cm³/mol. The van der Waals surface area contributed by atoms with E-state index in [-0.39, 0.29) is 5.91 Å². The number of benzene rings is 1. The van der Waals surface area contributed by atoms with Crippen molar-refractivity contribution >= 4 is 17.6 Å². The molecule has 25 heavy (non-hydrogen) atoms. The quantitative estimate of drug-likeness (QED) is 0.557. The lowest BCUT2D eigenvalue weighted by atomic mass is 10.2. The normalized spacial score (nSPS) is 15.1. The molecule has 0 atom stereocenters. The molecule has 6 heteroatoms. The van der Waals surface area contributed by atoms with Crippen LogP contribution in [0.5, 0.6) is 0 Å². The Morgan fingerprint density at radius 2 is 1.92 bits per heavy atom. The van der Waals surface area contributed by atoms with Crippen LogP contribution < -0.4 is 15.5 Å². The Morgan fingerprint density at radius 1 is 1.20 bits per heavy atom. The van der Waals surface area contributed by atoms with Crippen LogP contribution in [0.2, 0.25) is 0 Å². The third kappa shape index (κ3) is 5.74. The second kappa shape index (κ2) is 10.0. The van der Waals surface area contributed by atoms with Crippen LogP contribution in [0.1, 0.15) is 32.3 Å². The SMILES string of the molecule is CCN(CC)CCNC(=NC)NCc1ccc(N2CCCC2=O)cc1. The maximum atomic E-state index is 11.8. The zero-order valence-corrected chi connectivity index (χ0v) is 15.7. The zero-order valence-electron chi connectivity index (χ0n) is 15.7. The molecule has 1 saturated heterocycles. The van der Waals surface area contributed by atoms with Crippen molar-refractivity contribution in [3.8, 4) is 0 Å². The fraction of sp³-hybridized carbons (Fsp3) is 0.579. The van der Waals surface area contributed by atoms with E-state index in [4.69, 9.17) is 0 Å². The third-order valence-corrected chi connectivity index (χ3v) is 4.62. The fourth-order valence-electron chi connectivity index (χ4n) is 2.99. The van der Waals surface area contributed by atoms with Crippen LogP contribution in [0.25, 0.3) is 0 Å². The first-order chi connectivity index (χ1) is 12.2. The second-order valence-corrected chi connectivity index (χ2v) is 6.19. The highest BCUT2D eigenvalue weighted by molar-refractivity contribution is 5.95. The first-order valence-corrected chi connectivity index (χ1v) is 9.24. The van der Waals surface area contributed by atoms with Crippen molar-refractivity contribution in [2.75, 3.05) is 44.7 Å². The molecule has 0 radical (unpaired) electrons. The van der Waals surface area contributed by atoms with Crippen LogP contribution in [-0.2, 0) is 11.3 Å². The number of rotatable bonds is 8. The number of nitrogens with one attached hydrogen (secondary N) is 2. The van der Waals surface area contributed by atoms with Crippen molar-refractivity contribution in [1.29, 1.82) is 0 Å². The van der Waals surface area contributed by atoms with Gasteiger partial charge in [-0.1, -0.05) is 26.0 Å². The van der Waals surface area contributed by atoms with Crippen molar-refractivity contribution in [3.05, 3.63) is 29.8 Å². The van der Waals surface area contributed by atoms with Crippen molar-refractivity contribution in [2.45, 2.75) is 33.2 Å². The van der Waals surface area contributed by atoms with E-state index >= 15 is 0 Å². The number of aliphatic imine (C=N–C) groups is 1. The van der Waals surface area contributed by atoms with E-state index in [0.717, 1.165) is 50.8 Å². The number of carbonyl (C=O) groups is 1. The van der Waals surface area contributed by atoms with Gasteiger partial charge in [0.15, 0.2) is 5.96 Å². The molecule has 1 aliphatic heterocycles. The van der Waals surface area contributed by atoms with E-state index in [1.54, 1.807) is 7.05 Å². The summed E-state index contributed by atoms with van der Waals surface area (Å²) in [5.41, 5.74) is 2.16. The number of guanidine groups is 1. The van der Waals surface area contributed by atoms with Crippen molar-refractivity contribution in [3.63, 3.8) is 0 Å². The van der Waals surface area contributed by atoms with Gasteiger partial charge in [0.25, 0.3) is 0 Å². The van der Waals surface area contributed by atoms with Crippen LogP contribution >= 0.6 is 0 Å². The Hall–Kier alpha value is -2.08. The molecule has 1 aliphatic rings.